The number of aromatic nitrogens is 3. The maximum atomic E-state index is 10.8. The molecule has 24 heavy (non-hydrogen) atoms. The third-order valence-electron chi connectivity index (χ3n) is 1.93. The molecule has 0 bridgehead atoms. The quantitative estimate of drug-likeness (QED) is 0.324. The fraction of sp³-hybridized carbons (Fsp3) is 0.333. The lowest BCUT2D eigenvalue weighted by atomic mass is 10.6. The van der Waals surface area contributed by atoms with Crippen molar-refractivity contribution >= 4 is 11.9 Å². The second-order valence-electron chi connectivity index (χ2n) is 3.09. The molecule has 0 amide bonds. The molecule has 0 fully saturated rings. The van der Waals surface area contributed by atoms with Crippen molar-refractivity contribution in [2.75, 3.05) is 0 Å². The molecule has 1 aromatic rings. The maximum Gasteiger partial charge on any atom is 0.796 e. The Labute approximate surface area is 126 Å². The van der Waals surface area contributed by atoms with E-state index in [2.05, 4.69) is 15.5 Å². The lowest BCUT2D eigenvalue weighted by Crippen LogP contribution is -2.55. The van der Waals surface area contributed by atoms with Gasteiger partial charge in [0.05, 0.1) is 0 Å². The van der Waals surface area contributed by atoms with Crippen LogP contribution in [0.15, 0.2) is 0 Å². The fourth-order valence-electron chi connectivity index (χ4n) is 1.14. The minimum absolute atomic E-state index is 0. The van der Waals surface area contributed by atoms with Gasteiger partial charge in [-0.25, -0.2) is 10.1 Å². The molecule has 1 rings (SSSR count). The number of hydrogen-bond donors (Lipinski definition) is 1. The number of nitro groups is 5. The van der Waals surface area contributed by atoms with E-state index in [0.29, 0.717) is 0 Å². The fourth-order valence-corrected chi connectivity index (χ4v) is 1.14. The number of hydrogen-bond acceptors (Lipinski definition) is 12. The normalized spacial score (nSPS) is 9.83. The summed E-state index contributed by atoms with van der Waals surface area (Å²) in [4.78, 5) is 48.0. The Balaban J connectivity index is 0. The van der Waals surface area contributed by atoms with Crippen LogP contribution in [0.2, 0.25) is 0 Å². The van der Waals surface area contributed by atoms with E-state index < -0.39 is 47.2 Å². The van der Waals surface area contributed by atoms with Crippen LogP contribution in [0.4, 0.5) is 11.9 Å². The summed E-state index contributed by atoms with van der Waals surface area (Å²) < 4.78 is -0.839. The first-order valence-electron chi connectivity index (χ1n) is 4.46. The molecular formula is C3H6N10O11. The van der Waals surface area contributed by atoms with Crippen molar-refractivity contribution in [1.82, 2.24) is 20.9 Å². The molecule has 0 spiro atoms. The van der Waals surface area contributed by atoms with Crippen LogP contribution in [0.3, 0.4) is 0 Å². The molecule has 0 aliphatic carbocycles. The summed E-state index contributed by atoms with van der Waals surface area (Å²) in [5, 5.41) is 54.0. The largest absolute Gasteiger partial charge is 0.796 e. The third-order valence-corrected chi connectivity index (χ3v) is 1.93. The van der Waals surface area contributed by atoms with Gasteiger partial charge in [0, 0.05) is 0 Å². The van der Waals surface area contributed by atoms with Crippen molar-refractivity contribution < 1.29 is 30.2 Å². The standard InChI is InChI=1S/C3N9O10.H3N.H2O/c13-8(14)2-4-1(6-12(21)22)7(5-2)3(9(15)16,10(17)18)11(19)20;;/h;1H3;1H2/q-1;;/p+1. The first kappa shape index (κ1) is 22.1. The van der Waals surface area contributed by atoms with Gasteiger partial charge in [-0.15, -0.1) is 0 Å². The van der Waals surface area contributed by atoms with Gasteiger partial charge in [-0.3, -0.25) is 30.3 Å². The molecule has 1 heterocycles. The van der Waals surface area contributed by atoms with Gasteiger partial charge in [-0.2, -0.15) is 0 Å². The summed E-state index contributed by atoms with van der Waals surface area (Å²) in [6, 6.07) is 0. The predicted octanol–water partition coefficient (Wildman–Crippen LogP) is -1.67. The average Bonchev–Trinajstić information content (AvgIpc) is 2.72. The highest BCUT2D eigenvalue weighted by Crippen LogP contribution is 2.28. The van der Waals surface area contributed by atoms with Crippen LogP contribution in [0, 0.1) is 50.6 Å². The topological polar surface area (TPSA) is 329 Å². The van der Waals surface area contributed by atoms with Crippen LogP contribution in [-0.4, -0.2) is 45.0 Å². The monoisotopic (exact) mass is 358 g/mol. The first-order chi connectivity index (χ1) is 10.0. The second kappa shape index (κ2) is 7.22. The maximum absolute atomic E-state index is 10.8. The molecule has 1 aromatic heterocycles. The van der Waals surface area contributed by atoms with Gasteiger partial charge in [0.1, 0.15) is 5.03 Å². The predicted molar refractivity (Wildman–Crippen MR) is 65.2 cm³/mol. The van der Waals surface area contributed by atoms with Crippen molar-refractivity contribution in [3.05, 3.63) is 56.0 Å². The molecule has 21 nitrogen and oxygen atoms in total. The summed E-state index contributed by atoms with van der Waals surface area (Å²) in [6.45, 7) is 0. The molecule has 0 atom stereocenters. The van der Waals surface area contributed by atoms with Gasteiger partial charge < -0.3 is 21.7 Å². The van der Waals surface area contributed by atoms with Crippen molar-refractivity contribution in [2.24, 2.45) is 0 Å². The van der Waals surface area contributed by atoms with E-state index in [9.17, 15) is 50.6 Å². The Morgan fingerprint density at radius 1 is 0.917 bits per heavy atom. The Morgan fingerprint density at radius 3 is 1.62 bits per heavy atom. The Bertz CT molecular complexity index is 656. The second-order valence-corrected chi connectivity index (χ2v) is 3.09. The van der Waals surface area contributed by atoms with Gasteiger partial charge in [0.15, 0.2) is 14.8 Å². The molecule has 134 valence electrons. The van der Waals surface area contributed by atoms with Crippen LogP contribution in [-0.2, 0) is 5.91 Å². The Morgan fingerprint density at radius 2 is 1.33 bits per heavy atom. The van der Waals surface area contributed by atoms with Crippen molar-refractivity contribution in [1.29, 1.82) is 0 Å². The lowest BCUT2D eigenvalue weighted by molar-refractivity contribution is -1.01. The molecule has 0 saturated carbocycles. The van der Waals surface area contributed by atoms with Crippen molar-refractivity contribution in [3.63, 3.8) is 0 Å². The highest BCUT2D eigenvalue weighted by atomic mass is 16.7. The highest BCUT2D eigenvalue weighted by Gasteiger charge is 2.75. The van der Waals surface area contributed by atoms with Gasteiger partial charge >= 0.3 is 11.9 Å². The number of quaternary nitrogens is 1. The summed E-state index contributed by atoms with van der Waals surface area (Å²) in [5.41, 5.74) is 2.27. The van der Waals surface area contributed by atoms with Crippen LogP contribution in [0.1, 0.15) is 0 Å². The summed E-state index contributed by atoms with van der Waals surface area (Å²) in [5.74, 6) is -7.80. The van der Waals surface area contributed by atoms with E-state index in [1.54, 1.807) is 0 Å². The van der Waals surface area contributed by atoms with Crippen LogP contribution >= 0.6 is 0 Å². The van der Waals surface area contributed by atoms with Crippen LogP contribution in [0.25, 0.3) is 5.43 Å². The molecule has 6 N–H and O–H groups in total. The van der Waals surface area contributed by atoms with E-state index in [1.165, 1.54) is 0 Å². The molecule has 21 heteroatoms. The summed E-state index contributed by atoms with van der Waals surface area (Å²) in [7, 11) is 0. The zero-order chi connectivity index (χ0) is 17.2. The van der Waals surface area contributed by atoms with E-state index in [1.807, 2.05) is 0 Å². The molecule has 0 saturated heterocycles. The van der Waals surface area contributed by atoms with E-state index in [-0.39, 0.29) is 11.6 Å². The van der Waals surface area contributed by atoms with E-state index in [4.69, 9.17) is 0 Å². The van der Waals surface area contributed by atoms with Crippen molar-refractivity contribution in [2.45, 2.75) is 5.91 Å². The van der Waals surface area contributed by atoms with Gasteiger partial charge in [-0.05, 0) is 25.1 Å². The minimum atomic E-state index is -4.52. The first-order valence-corrected chi connectivity index (χ1v) is 4.46. The number of nitrogens with zero attached hydrogens (tertiary/aromatic N) is 9. The smallest absolute Gasteiger partial charge is 0.412 e. The Hall–Kier alpha value is -4.14. The molecule has 0 radical (unpaired) electrons. The van der Waals surface area contributed by atoms with Gasteiger partial charge in [-0.1, -0.05) is 0 Å². The number of rotatable bonds is 7. The average molecular weight is 358 g/mol. The van der Waals surface area contributed by atoms with E-state index in [0.717, 1.165) is 0 Å². The summed E-state index contributed by atoms with van der Waals surface area (Å²) in [6.07, 6.45) is 0. The molecule has 0 aliphatic rings. The minimum Gasteiger partial charge on any atom is -0.412 e. The zero-order valence-corrected chi connectivity index (χ0v) is 11.1. The molecule has 0 aromatic carbocycles. The third kappa shape index (κ3) is 3.20. The molecule has 0 unspecified atom stereocenters. The molecular weight excluding hydrogens is 352 g/mol. The zero-order valence-electron chi connectivity index (χ0n) is 11.1. The van der Waals surface area contributed by atoms with Crippen LogP contribution < -0.4 is 6.15 Å². The van der Waals surface area contributed by atoms with Crippen molar-refractivity contribution in [3.8, 4) is 0 Å². The van der Waals surface area contributed by atoms with Crippen LogP contribution in [0.5, 0.6) is 0 Å². The summed E-state index contributed by atoms with van der Waals surface area (Å²) >= 11 is 0. The Kier molecular flexibility index (Phi) is 6.67. The highest BCUT2D eigenvalue weighted by molar-refractivity contribution is 5.30. The SMILES string of the molecule is O.O=[N+]([O-])[N-]c1nc([N+](=O)[O-])nn1C([N+](=O)[O-])([N+](=O)[O-])[N+](=O)[O-].[NH4+]. The van der Waals surface area contributed by atoms with Gasteiger partial charge in [0.2, 0.25) is 0 Å². The van der Waals surface area contributed by atoms with E-state index >= 15 is 0 Å². The molecule has 0 aliphatic heterocycles. The van der Waals surface area contributed by atoms with Gasteiger partial charge in [0.25, 0.3) is 5.95 Å². The lowest BCUT2D eigenvalue weighted by Gasteiger charge is -2.08.